The average molecular weight is 279 g/mol. The van der Waals surface area contributed by atoms with Crippen molar-refractivity contribution in [2.45, 2.75) is 26.2 Å². The number of nitrogens with one attached hydrogen (secondary N) is 1. The Hall–Kier alpha value is -1.93. The summed E-state index contributed by atoms with van der Waals surface area (Å²) >= 11 is 0. The van der Waals surface area contributed by atoms with Crippen molar-refractivity contribution >= 4 is 17.1 Å². The van der Waals surface area contributed by atoms with Crippen LogP contribution in [0.3, 0.4) is 0 Å². The van der Waals surface area contributed by atoms with Gasteiger partial charge in [-0.05, 0) is 5.92 Å². The highest BCUT2D eigenvalue weighted by atomic mass is 16.5. The molecule has 0 bridgehead atoms. The molecule has 4 N–H and O–H groups in total. The van der Waals surface area contributed by atoms with Crippen LogP contribution in [0.2, 0.25) is 0 Å². The Morgan fingerprint density at radius 1 is 1.50 bits per heavy atom. The highest BCUT2D eigenvalue weighted by molar-refractivity contribution is 5.70. The van der Waals surface area contributed by atoms with Crippen LogP contribution in [0.5, 0.6) is 0 Å². The van der Waals surface area contributed by atoms with Crippen LogP contribution in [0.15, 0.2) is 11.1 Å². The van der Waals surface area contributed by atoms with Gasteiger partial charge in [-0.25, -0.2) is 4.98 Å². The van der Waals surface area contributed by atoms with E-state index in [0.717, 1.165) is 0 Å². The van der Waals surface area contributed by atoms with Crippen LogP contribution < -0.4 is 11.3 Å². The van der Waals surface area contributed by atoms with E-state index in [2.05, 4.69) is 15.0 Å². The number of H-pyrrole nitrogens is 1. The SMILES string of the molecule is C[C@@H]1[C@H](C)[C@@H](CO)O[C@H]1n1cnc2c(=O)[nH]c(N)nc21. The second-order valence-corrected chi connectivity index (χ2v) is 5.24. The summed E-state index contributed by atoms with van der Waals surface area (Å²) in [5, 5.41) is 9.33. The molecular weight excluding hydrogens is 262 g/mol. The van der Waals surface area contributed by atoms with Gasteiger partial charge in [0, 0.05) is 5.92 Å². The molecule has 1 fully saturated rings. The average Bonchev–Trinajstić information content (AvgIpc) is 2.93. The van der Waals surface area contributed by atoms with E-state index >= 15 is 0 Å². The molecule has 8 heteroatoms. The number of anilines is 1. The summed E-state index contributed by atoms with van der Waals surface area (Å²) in [6.07, 6.45) is 0.979. The fraction of sp³-hybridized carbons (Fsp3) is 0.583. The molecule has 3 heterocycles. The topological polar surface area (TPSA) is 119 Å². The molecule has 2 aromatic rings. The van der Waals surface area contributed by atoms with Crippen molar-refractivity contribution in [3.05, 3.63) is 16.7 Å². The minimum absolute atomic E-state index is 0.0369. The van der Waals surface area contributed by atoms with E-state index in [0.29, 0.717) is 5.65 Å². The second-order valence-electron chi connectivity index (χ2n) is 5.24. The number of fused-ring (bicyclic) bond motifs is 1. The first-order valence-corrected chi connectivity index (χ1v) is 6.51. The van der Waals surface area contributed by atoms with Crippen LogP contribution in [-0.2, 0) is 4.74 Å². The predicted octanol–water partition coefficient (Wildman–Crippen LogP) is -0.136. The van der Waals surface area contributed by atoms with Gasteiger partial charge in [0.1, 0.15) is 6.23 Å². The lowest BCUT2D eigenvalue weighted by molar-refractivity contribution is -0.0336. The highest BCUT2D eigenvalue weighted by Crippen LogP contribution is 2.39. The minimum atomic E-state index is -0.372. The number of nitrogens with zero attached hydrogens (tertiary/aromatic N) is 3. The van der Waals surface area contributed by atoms with Crippen LogP contribution in [-0.4, -0.2) is 37.3 Å². The molecule has 0 radical (unpaired) electrons. The molecule has 1 aliphatic rings. The molecular formula is C12H17N5O3. The molecule has 1 saturated heterocycles. The molecule has 4 atom stereocenters. The molecule has 0 unspecified atom stereocenters. The number of imidazole rings is 1. The molecule has 1 aliphatic heterocycles. The van der Waals surface area contributed by atoms with E-state index in [4.69, 9.17) is 10.5 Å². The van der Waals surface area contributed by atoms with E-state index in [1.165, 1.54) is 6.33 Å². The zero-order valence-electron chi connectivity index (χ0n) is 11.3. The number of hydrogen-bond acceptors (Lipinski definition) is 6. The third-order valence-corrected chi connectivity index (χ3v) is 4.08. The predicted molar refractivity (Wildman–Crippen MR) is 71.9 cm³/mol. The Morgan fingerprint density at radius 2 is 2.25 bits per heavy atom. The largest absolute Gasteiger partial charge is 0.394 e. The maximum absolute atomic E-state index is 11.8. The van der Waals surface area contributed by atoms with Crippen molar-refractivity contribution in [3.8, 4) is 0 Å². The Morgan fingerprint density at radius 3 is 2.90 bits per heavy atom. The van der Waals surface area contributed by atoms with Gasteiger partial charge in [0.05, 0.1) is 19.0 Å². The van der Waals surface area contributed by atoms with E-state index < -0.39 is 0 Å². The van der Waals surface area contributed by atoms with E-state index in [1.54, 1.807) is 4.57 Å². The monoisotopic (exact) mass is 279 g/mol. The number of rotatable bonds is 2. The fourth-order valence-corrected chi connectivity index (χ4v) is 2.68. The number of aliphatic hydroxyl groups excluding tert-OH is 1. The van der Waals surface area contributed by atoms with Crippen molar-refractivity contribution in [1.82, 2.24) is 19.5 Å². The summed E-state index contributed by atoms with van der Waals surface area (Å²) in [6, 6.07) is 0. The van der Waals surface area contributed by atoms with Crippen LogP contribution in [0, 0.1) is 11.8 Å². The van der Waals surface area contributed by atoms with Gasteiger partial charge >= 0.3 is 0 Å². The quantitative estimate of drug-likeness (QED) is 0.704. The lowest BCUT2D eigenvalue weighted by Crippen LogP contribution is -2.19. The summed E-state index contributed by atoms with van der Waals surface area (Å²) in [4.78, 5) is 22.4. The summed E-state index contributed by atoms with van der Waals surface area (Å²) in [5.74, 6) is 0.398. The Balaban J connectivity index is 2.09. The maximum Gasteiger partial charge on any atom is 0.280 e. The van der Waals surface area contributed by atoms with E-state index in [1.807, 2.05) is 13.8 Å². The number of ether oxygens (including phenoxy) is 1. The van der Waals surface area contributed by atoms with Crippen LogP contribution in [0.1, 0.15) is 20.1 Å². The summed E-state index contributed by atoms with van der Waals surface area (Å²) in [7, 11) is 0. The Labute approximate surface area is 114 Å². The molecule has 3 rings (SSSR count). The molecule has 8 nitrogen and oxygen atoms in total. The van der Waals surface area contributed by atoms with Gasteiger partial charge in [0.2, 0.25) is 5.95 Å². The van der Waals surface area contributed by atoms with Gasteiger partial charge in [-0.15, -0.1) is 0 Å². The molecule has 20 heavy (non-hydrogen) atoms. The van der Waals surface area contributed by atoms with Crippen molar-refractivity contribution in [1.29, 1.82) is 0 Å². The van der Waals surface area contributed by atoms with Crippen molar-refractivity contribution in [3.63, 3.8) is 0 Å². The van der Waals surface area contributed by atoms with E-state index in [-0.39, 0.29) is 47.8 Å². The number of nitrogen functional groups attached to an aromatic ring is 1. The van der Waals surface area contributed by atoms with Gasteiger partial charge in [-0.1, -0.05) is 13.8 Å². The standard InChI is InChI=1S/C12H17N5O3/c1-5-6(2)11(20-7(5)3-18)17-4-14-8-9(17)15-12(13)16-10(8)19/h4-7,11,18H,3H2,1-2H3,(H3,13,15,16,19)/t5-,6+,7+,11+/m0/s1. The first-order chi connectivity index (χ1) is 9.52. The highest BCUT2D eigenvalue weighted by Gasteiger charge is 2.40. The summed E-state index contributed by atoms with van der Waals surface area (Å²) < 4.78 is 7.55. The molecule has 2 aromatic heterocycles. The Kier molecular flexibility index (Phi) is 2.98. The lowest BCUT2D eigenvalue weighted by atomic mass is 9.93. The first kappa shape index (κ1) is 13.1. The minimum Gasteiger partial charge on any atom is -0.394 e. The molecule has 0 spiro atoms. The number of aromatic nitrogens is 4. The second kappa shape index (κ2) is 4.57. The first-order valence-electron chi connectivity index (χ1n) is 6.51. The van der Waals surface area contributed by atoms with Gasteiger partial charge in [0.25, 0.3) is 5.56 Å². The molecule has 108 valence electrons. The third-order valence-electron chi connectivity index (χ3n) is 4.08. The number of aliphatic hydroxyl groups is 1. The lowest BCUT2D eigenvalue weighted by Gasteiger charge is -2.17. The summed E-state index contributed by atoms with van der Waals surface area (Å²) in [6.45, 7) is 4.03. The maximum atomic E-state index is 11.8. The van der Waals surface area contributed by atoms with Crippen molar-refractivity contribution in [2.24, 2.45) is 11.8 Å². The van der Waals surface area contributed by atoms with Crippen LogP contribution >= 0.6 is 0 Å². The van der Waals surface area contributed by atoms with Gasteiger partial charge in [0.15, 0.2) is 11.2 Å². The van der Waals surface area contributed by atoms with Crippen LogP contribution in [0.25, 0.3) is 11.2 Å². The van der Waals surface area contributed by atoms with Gasteiger partial charge in [-0.3, -0.25) is 14.3 Å². The smallest absolute Gasteiger partial charge is 0.280 e. The van der Waals surface area contributed by atoms with Crippen molar-refractivity contribution < 1.29 is 9.84 Å². The Bertz CT molecular complexity index is 694. The van der Waals surface area contributed by atoms with E-state index in [9.17, 15) is 9.90 Å². The number of hydrogen-bond donors (Lipinski definition) is 3. The fourth-order valence-electron chi connectivity index (χ4n) is 2.68. The number of aromatic amines is 1. The summed E-state index contributed by atoms with van der Waals surface area (Å²) in [5.41, 5.74) is 5.84. The normalized spacial score (nSPS) is 30.1. The van der Waals surface area contributed by atoms with Gasteiger partial charge < -0.3 is 15.6 Å². The zero-order chi connectivity index (χ0) is 14.4. The van der Waals surface area contributed by atoms with Gasteiger partial charge in [-0.2, -0.15) is 4.98 Å². The third kappa shape index (κ3) is 1.80. The molecule has 0 aromatic carbocycles. The molecule has 0 aliphatic carbocycles. The number of nitrogens with two attached hydrogens (primary N) is 1. The van der Waals surface area contributed by atoms with Crippen molar-refractivity contribution in [2.75, 3.05) is 12.3 Å². The molecule has 0 saturated carbocycles. The molecule has 0 amide bonds. The zero-order valence-corrected chi connectivity index (χ0v) is 11.3. The van der Waals surface area contributed by atoms with Crippen LogP contribution in [0.4, 0.5) is 5.95 Å².